The number of amides is 1. The molecule has 172 valence electrons. The van der Waals surface area contributed by atoms with Crippen LogP contribution in [0.5, 0.6) is 0 Å². The number of rotatable bonds is 7. The highest BCUT2D eigenvalue weighted by atomic mass is 32.2. The van der Waals surface area contributed by atoms with Gasteiger partial charge in [-0.25, -0.2) is 17.2 Å². The third-order valence-corrected chi connectivity index (χ3v) is 8.43. The van der Waals surface area contributed by atoms with Gasteiger partial charge < -0.3 is 10.2 Å². The normalized spacial score (nSPS) is 28.4. The van der Waals surface area contributed by atoms with Crippen molar-refractivity contribution in [3.8, 4) is 0 Å². The SMILES string of the molecule is CC1(NCC(=O)N2CCC(F)C2)CCC(C=CNS(=O)(=O)c2ccc(F)cc2)C1(C)C. The van der Waals surface area contributed by atoms with E-state index in [-0.39, 0.29) is 40.8 Å². The van der Waals surface area contributed by atoms with Crippen LogP contribution in [0.25, 0.3) is 0 Å². The molecule has 2 aliphatic rings. The molecule has 6 nitrogen and oxygen atoms in total. The van der Waals surface area contributed by atoms with Gasteiger partial charge in [0.1, 0.15) is 12.0 Å². The first-order valence-electron chi connectivity index (χ1n) is 10.6. The summed E-state index contributed by atoms with van der Waals surface area (Å²) in [4.78, 5) is 14.0. The molecule has 3 atom stereocenters. The summed E-state index contributed by atoms with van der Waals surface area (Å²) >= 11 is 0. The van der Waals surface area contributed by atoms with Crippen LogP contribution in [0.4, 0.5) is 8.78 Å². The fourth-order valence-corrected chi connectivity index (χ4v) is 5.33. The van der Waals surface area contributed by atoms with Crippen LogP contribution >= 0.6 is 0 Å². The number of halogens is 2. The predicted octanol–water partition coefficient (Wildman–Crippen LogP) is 2.97. The van der Waals surface area contributed by atoms with Crippen molar-refractivity contribution >= 4 is 15.9 Å². The smallest absolute Gasteiger partial charge is 0.261 e. The molecule has 31 heavy (non-hydrogen) atoms. The lowest BCUT2D eigenvalue weighted by atomic mass is 9.71. The van der Waals surface area contributed by atoms with E-state index in [4.69, 9.17) is 0 Å². The summed E-state index contributed by atoms with van der Waals surface area (Å²) in [6.45, 7) is 7.03. The first kappa shape index (κ1) is 23.7. The lowest BCUT2D eigenvalue weighted by Crippen LogP contribution is -2.54. The molecular weight excluding hydrogens is 424 g/mol. The molecule has 0 aromatic heterocycles. The van der Waals surface area contributed by atoms with E-state index in [1.54, 1.807) is 4.90 Å². The second-order valence-electron chi connectivity index (χ2n) is 9.21. The number of sulfonamides is 1. The number of allylic oxidation sites excluding steroid dienone is 1. The van der Waals surface area contributed by atoms with Crippen LogP contribution in [0.1, 0.15) is 40.0 Å². The summed E-state index contributed by atoms with van der Waals surface area (Å²) in [6, 6.07) is 4.64. The Morgan fingerprint density at radius 1 is 1.23 bits per heavy atom. The van der Waals surface area contributed by atoms with Crippen LogP contribution in [0.2, 0.25) is 0 Å². The molecule has 2 N–H and O–H groups in total. The monoisotopic (exact) mass is 455 g/mol. The van der Waals surface area contributed by atoms with E-state index in [0.29, 0.717) is 13.0 Å². The minimum Gasteiger partial charge on any atom is -0.339 e. The summed E-state index contributed by atoms with van der Waals surface area (Å²) in [5.41, 5.74) is -0.582. The van der Waals surface area contributed by atoms with Crippen molar-refractivity contribution in [3.05, 3.63) is 42.4 Å². The van der Waals surface area contributed by atoms with Gasteiger partial charge in [0.2, 0.25) is 5.91 Å². The topological polar surface area (TPSA) is 78.5 Å². The fourth-order valence-electron chi connectivity index (χ4n) is 4.44. The van der Waals surface area contributed by atoms with Crippen LogP contribution in [-0.4, -0.2) is 50.6 Å². The Kier molecular flexibility index (Phi) is 6.76. The van der Waals surface area contributed by atoms with E-state index in [1.807, 2.05) is 6.08 Å². The van der Waals surface area contributed by atoms with Crippen molar-refractivity contribution in [3.63, 3.8) is 0 Å². The number of likely N-dealkylation sites (tertiary alicyclic amines) is 1. The Morgan fingerprint density at radius 2 is 1.90 bits per heavy atom. The molecule has 2 fully saturated rings. The van der Waals surface area contributed by atoms with E-state index < -0.39 is 22.0 Å². The van der Waals surface area contributed by atoms with Gasteiger partial charge in [-0.2, -0.15) is 0 Å². The number of carbonyl (C=O) groups is 1. The van der Waals surface area contributed by atoms with Gasteiger partial charge in [-0.15, -0.1) is 0 Å². The molecule has 1 saturated heterocycles. The Balaban J connectivity index is 1.59. The van der Waals surface area contributed by atoms with Gasteiger partial charge in [0.05, 0.1) is 18.0 Å². The van der Waals surface area contributed by atoms with Gasteiger partial charge in [-0.1, -0.05) is 19.9 Å². The van der Waals surface area contributed by atoms with Gasteiger partial charge >= 0.3 is 0 Å². The van der Waals surface area contributed by atoms with E-state index in [0.717, 1.165) is 25.0 Å². The highest BCUT2D eigenvalue weighted by Crippen LogP contribution is 2.50. The summed E-state index contributed by atoms with van der Waals surface area (Å²) in [7, 11) is -3.77. The second-order valence-corrected chi connectivity index (χ2v) is 10.9. The number of benzene rings is 1. The molecule has 1 aromatic rings. The number of carbonyl (C=O) groups excluding carboxylic acids is 1. The summed E-state index contributed by atoms with van der Waals surface area (Å²) in [5.74, 6) is -0.511. The zero-order valence-electron chi connectivity index (χ0n) is 18.2. The summed E-state index contributed by atoms with van der Waals surface area (Å²) in [6.07, 6.45) is 4.37. The second kappa shape index (κ2) is 8.86. The van der Waals surface area contributed by atoms with Crippen molar-refractivity contribution in [2.75, 3.05) is 19.6 Å². The standard InChI is InChI=1S/C22H31F2N3O3S/c1-21(2)16(9-12-26-31(29,30)19-6-4-17(23)5-7-19)8-11-22(21,3)25-14-20(28)27-13-10-18(24)15-27/h4-7,9,12,16,18,25-26H,8,10-11,13-15H2,1-3H3. The number of hydrogen-bond acceptors (Lipinski definition) is 4. The van der Waals surface area contributed by atoms with Crippen LogP contribution in [0.15, 0.2) is 41.4 Å². The van der Waals surface area contributed by atoms with E-state index >= 15 is 0 Å². The lowest BCUT2D eigenvalue weighted by Gasteiger charge is -2.42. The quantitative estimate of drug-likeness (QED) is 0.663. The van der Waals surface area contributed by atoms with Crippen LogP contribution < -0.4 is 10.0 Å². The number of nitrogens with one attached hydrogen (secondary N) is 2. The maximum Gasteiger partial charge on any atom is 0.261 e. The third-order valence-electron chi connectivity index (χ3n) is 7.09. The van der Waals surface area contributed by atoms with E-state index in [2.05, 4.69) is 30.8 Å². The van der Waals surface area contributed by atoms with E-state index in [9.17, 15) is 22.0 Å². The Morgan fingerprint density at radius 3 is 2.52 bits per heavy atom. The predicted molar refractivity (Wildman–Crippen MR) is 115 cm³/mol. The molecule has 1 heterocycles. The van der Waals surface area contributed by atoms with Gasteiger partial charge in [-0.3, -0.25) is 9.52 Å². The number of alkyl halides is 1. The van der Waals surface area contributed by atoms with Crippen molar-refractivity contribution in [2.24, 2.45) is 11.3 Å². The van der Waals surface area contributed by atoms with Gasteiger partial charge in [-0.05, 0) is 61.8 Å². The van der Waals surface area contributed by atoms with Gasteiger partial charge in [0.25, 0.3) is 10.0 Å². The number of nitrogens with zero attached hydrogens (tertiary/aromatic N) is 1. The molecule has 0 bridgehead atoms. The first-order chi connectivity index (χ1) is 14.4. The molecule has 1 amide bonds. The van der Waals surface area contributed by atoms with Crippen LogP contribution in [0.3, 0.4) is 0 Å². The minimum absolute atomic E-state index is 0.00770. The highest BCUT2D eigenvalue weighted by Gasteiger charge is 2.50. The number of hydrogen-bond donors (Lipinski definition) is 2. The molecule has 1 aromatic carbocycles. The molecular formula is C22H31F2N3O3S. The lowest BCUT2D eigenvalue weighted by molar-refractivity contribution is -0.130. The maximum absolute atomic E-state index is 13.4. The molecule has 0 spiro atoms. The Hall–Kier alpha value is -2.00. The van der Waals surface area contributed by atoms with Crippen molar-refractivity contribution in [1.82, 2.24) is 14.9 Å². The summed E-state index contributed by atoms with van der Waals surface area (Å²) < 4.78 is 53.6. The average molecular weight is 456 g/mol. The third kappa shape index (κ3) is 5.09. The molecule has 1 aliphatic carbocycles. The molecule has 0 radical (unpaired) electrons. The molecule has 9 heteroatoms. The first-order valence-corrected chi connectivity index (χ1v) is 12.0. The highest BCUT2D eigenvalue weighted by molar-refractivity contribution is 7.89. The van der Waals surface area contributed by atoms with Crippen molar-refractivity contribution in [1.29, 1.82) is 0 Å². The summed E-state index contributed by atoms with van der Waals surface area (Å²) in [5, 5.41) is 3.39. The maximum atomic E-state index is 13.4. The molecule has 3 unspecified atom stereocenters. The Bertz CT molecular complexity index is 934. The van der Waals surface area contributed by atoms with Crippen molar-refractivity contribution in [2.45, 2.75) is 56.6 Å². The average Bonchev–Trinajstić information content (AvgIpc) is 3.23. The Labute approximate surface area is 183 Å². The zero-order valence-corrected chi connectivity index (χ0v) is 19.0. The van der Waals surface area contributed by atoms with Crippen molar-refractivity contribution < 1.29 is 22.0 Å². The van der Waals surface area contributed by atoms with Gasteiger partial charge in [0.15, 0.2) is 0 Å². The zero-order chi connectivity index (χ0) is 22.9. The van der Waals surface area contributed by atoms with Crippen LogP contribution in [0, 0.1) is 17.2 Å². The molecule has 1 saturated carbocycles. The fraction of sp³-hybridized carbons (Fsp3) is 0.591. The largest absolute Gasteiger partial charge is 0.339 e. The minimum atomic E-state index is -3.77. The van der Waals surface area contributed by atoms with Crippen LogP contribution in [-0.2, 0) is 14.8 Å². The van der Waals surface area contributed by atoms with E-state index in [1.165, 1.54) is 18.3 Å². The molecule has 3 rings (SSSR count). The van der Waals surface area contributed by atoms with Gasteiger partial charge in [0, 0.05) is 18.3 Å². The molecule has 1 aliphatic heterocycles.